The van der Waals surface area contributed by atoms with Crippen molar-refractivity contribution in [2.45, 2.75) is 27.7 Å². The van der Waals surface area contributed by atoms with E-state index in [2.05, 4.69) is 68.2 Å². The molecule has 3 heterocycles. The van der Waals surface area contributed by atoms with Crippen LogP contribution in [0.2, 0.25) is 0 Å². The van der Waals surface area contributed by atoms with E-state index in [1.807, 2.05) is 45.9 Å². The molecule has 1 aromatic carbocycles. The molecular formula is C37H27N3. The topological polar surface area (TPSA) is 38.7 Å². The van der Waals surface area contributed by atoms with Crippen molar-refractivity contribution in [3.8, 4) is 72.6 Å². The Morgan fingerprint density at radius 3 is 0.800 bits per heavy atom. The first-order valence-corrected chi connectivity index (χ1v) is 12.6. The molecule has 0 unspecified atom stereocenters. The van der Waals surface area contributed by atoms with Gasteiger partial charge in [0.2, 0.25) is 0 Å². The molecule has 4 aromatic rings. The lowest BCUT2D eigenvalue weighted by Crippen LogP contribution is -1.87. The zero-order chi connectivity index (χ0) is 29.2. The molecule has 0 aliphatic heterocycles. The van der Waals surface area contributed by atoms with E-state index in [0.29, 0.717) is 33.4 Å². The summed E-state index contributed by atoms with van der Waals surface area (Å²) in [5.74, 6) is 26.4. The number of rotatable bonds is 0. The second-order valence-corrected chi connectivity index (χ2v) is 7.37. The van der Waals surface area contributed by atoms with Gasteiger partial charge in [0.25, 0.3) is 0 Å². The number of benzene rings is 1. The molecule has 190 valence electrons. The van der Waals surface area contributed by atoms with Gasteiger partial charge in [-0.2, -0.15) is 0 Å². The van der Waals surface area contributed by atoms with Gasteiger partial charge >= 0.3 is 0 Å². The highest BCUT2D eigenvalue weighted by Gasteiger charge is 1.99. The van der Waals surface area contributed by atoms with Gasteiger partial charge in [-0.1, -0.05) is 81.0 Å². The summed E-state index contributed by atoms with van der Waals surface area (Å²) in [7, 11) is 0. The molecule has 0 radical (unpaired) electrons. The molecule has 0 aliphatic carbocycles. The Bertz CT molecular complexity index is 1560. The number of nitrogens with zero attached hydrogens (tertiary/aromatic N) is 3. The number of hydrogen-bond acceptors (Lipinski definition) is 3. The van der Waals surface area contributed by atoms with Crippen LogP contribution in [0.4, 0.5) is 0 Å². The summed E-state index contributed by atoms with van der Waals surface area (Å²) in [5.41, 5.74) is 6.35. The molecule has 0 fully saturated rings. The van der Waals surface area contributed by atoms with Crippen LogP contribution in [0.5, 0.6) is 0 Å². The van der Waals surface area contributed by atoms with Gasteiger partial charge in [-0.05, 0) is 36.4 Å². The minimum atomic E-state index is 0.665. The third-order valence-electron chi connectivity index (χ3n) is 4.70. The summed E-state index contributed by atoms with van der Waals surface area (Å²) in [4.78, 5) is 12.4. The lowest BCUT2D eigenvalue weighted by atomic mass is 10.0. The monoisotopic (exact) mass is 513 g/mol. The third kappa shape index (κ3) is 9.48. The van der Waals surface area contributed by atoms with Crippen LogP contribution in [0.3, 0.4) is 0 Å². The summed E-state index contributed by atoms with van der Waals surface area (Å²) in [5, 5.41) is 0. The SMILES string of the molecule is C#Cc1cncc(C#Cc2cc(C#Cc3cncc(C#C)c3)cc(C#Cc3cncc(C#C)c3)c2)c1.CC.CC. The van der Waals surface area contributed by atoms with E-state index in [0.717, 1.165) is 16.7 Å². The van der Waals surface area contributed by atoms with E-state index >= 15 is 0 Å². The van der Waals surface area contributed by atoms with Crippen LogP contribution in [-0.2, 0) is 0 Å². The highest BCUT2D eigenvalue weighted by molar-refractivity contribution is 5.55. The summed E-state index contributed by atoms with van der Waals surface area (Å²) in [6.45, 7) is 8.00. The Morgan fingerprint density at radius 2 is 0.550 bits per heavy atom. The Balaban J connectivity index is 0.00000134. The fourth-order valence-electron chi connectivity index (χ4n) is 3.04. The molecule has 0 aliphatic rings. The second-order valence-electron chi connectivity index (χ2n) is 7.37. The van der Waals surface area contributed by atoms with E-state index < -0.39 is 0 Å². The zero-order valence-corrected chi connectivity index (χ0v) is 23.0. The molecule has 0 spiro atoms. The highest BCUT2D eigenvalue weighted by atomic mass is 14.6. The summed E-state index contributed by atoms with van der Waals surface area (Å²) >= 11 is 0. The van der Waals surface area contributed by atoms with Gasteiger partial charge < -0.3 is 0 Å². The van der Waals surface area contributed by atoms with E-state index in [1.54, 1.807) is 55.4 Å². The molecule has 0 N–H and O–H groups in total. The molecule has 3 heteroatoms. The average Bonchev–Trinajstić information content (AvgIpc) is 3.04. The first-order chi connectivity index (χ1) is 19.6. The van der Waals surface area contributed by atoms with E-state index in [9.17, 15) is 0 Å². The average molecular weight is 514 g/mol. The molecule has 4 rings (SSSR count). The zero-order valence-electron chi connectivity index (χ0n) is 23.0. The van der Waals surface area contributed by atoms with Gasteiger partial charge in [0.1, 0.15) is 0 Å². The minimum Gasteiger partial charge on any atom is -0.262 e. The summed E-state index contributed by atoms with van der Waals surface area (Å²) in [6.07, 6.45) is 26.2. The van der Waals surface area contributed by atoms with Crippen LogP contribution in [-0.4, -0.2) is 15.0 Å². The highest BCUT2D eigenvalue weighted by Crippen LogP contribution is 2.11. The molecule has 0 bridgehead atoms. The van der Waals surface area contributed by atoms with E-state index in [4.69, 9.17) is 19.3 Å². The van der Waals surface area contributed by atoms with Gasteiger partial charge in [0.05, 0.1) is 0 Å². The van der Waals surface area contributed by atoms with Crippen molar-refractivity contribution < 1.29 is 0 Å². The smallest absolute Gasteiger partial charge is 0.0444 e. The lowest BCUT2D eigenvalue weighted by Gasteiger charge is -1.98. The number of hydrogen-bond donors (Lipinski definition) is 0. The van der Waals surface area contributed by atoms with Crippen LogP contribution in [0, 0.1) is 72.6 Å². The molecule has 40 heavy (non-hydrogen) atoms. The van der Waals surface area contributed by atoms with Gasteiger partial charge in [-0.3, -0.25) is 15.0 Å². The molecule has 0 saturated heterocycles. The Labute approximate surface area is 238 Å². The summed E-state index contributed by atoms with van der Waals surface area (Å²) in [6, 6.07) is 11.1. The number of terminal acetylenes is 3. The van der Waals surface area contributed by atoms with Crippen LogP contribution < -0.4 is 0 Å². The maximum atomic E-state index is 5.47. The molecule has 0 atom stereocenters. The van der Waals surface area contributed by atoms with Crippen LogP contribution >= 0.6 is 0 Å². The van der Waals surface area contributed by atoms with Crippen molar-refractivity contribution in [3.63, 3.8) is 0 Å². The van der Waals surface area contributed by atoms with Gasteiger partial charge in [-0.15, -0.1) is 19.3 Å². The second kappa shape index (κ2) is 16.7. The molecule has 0 saturated carbocycles. The number of pyridine rings is 3. The predicted molar refractivity (Wildman–Crippen MR) is 164 cm³/mol. The molecule has 3 aromatic heterocycles. The largest absolute Gasteiger partial charge is 0.262 e. The molecule has 3 nitrogen and oxygen atoms in total. The fourth-order valence-corrected chi connectivity index (χ4v) is 3.04. The van der Waals surface area contributed by atoms with Crippen molar-refractivity contribution in [1.29, 1.82) is 0 Å². The van der Waals surface area contributed by atoms with E-state index in [1.165, 1.54) is 0 Å². The standard InChI is InChI=1S/C33H15N3.2C2H6/c1-4-25-13-31(22-34-19-25)10-7-28-16-29(8-11-32-14-26(5-2)20-35-23-32)18-30(17-28)9-12-33-15-27(6-3)21-36-24-33;2*1-2/h1-3,13-24H;2*1-2H3. The third-order valence-corrected chi connectivity index (χ3v) is 4.70. The van der Waals surface area contributed by atoms with Crippen molar-refractivity contribution in [2.75, 3.05) is 0 Å². The normalized spacial score (nSPS) is 8.32. The Kier molecular flexibility index (Phi) is 12.6. The molecular weight excluding hydrogens is 486 g/mol. The van der Waals surface area contributed by atoms with Crippen molar-refractivity contribution >= 4 is 0 Å². The minimum absolute atomic E-state index is 0.665. The van der Waals surface area contributed by atoms with Crippen molar-refractivity contribution in [3.05, 3.63) is 124 Å². The quantitative estimate of drug-likeness (QED) is 0.268. The van der Waals surface area contributed by atoms with E-state index in [-0.39, 0.29) is 0 Å². The van der Waals surface area contributed by atoms with Crippen molar-refractivity contribution in [1.82, 2.24) is 15.0 Å². The lowest BCUT2D eigenvalue weighted by molar-refractivity contribution is 1.30. The van der Waals surface area contributed by atoms with Crippen LogP contribution in [0.25, 0.3) is 0 Å². The Morgan fingerprint density at radius 1 is 0.350 bits per heavy atom. The maximum Gasteiger partial charge on any atom is 0.0444 e. The number of aromatic nitrogens is 3. The Hall–Kier alpha value is -5.97. The van der Waals surface area contributed by atoms with Crippen molar-refractivity contribution in [2.24, 2.45) is 0 Å². The predicted octanol–water partition coefficient (Wildman–Crippen LogP) is 6.07. The molecule has 0 amide bonds. The van der Waals surface area contributed by atoms with Gasteiger partial charge in [-0.25, -0.2) is 0 Å². The maximum absolute atomic E-state index is 5.47. The van der Waals surface area contributed by atoms with Gasteiger partial charge in [0, 0.05) is 87.3 Å². The van der Waals surface area contributed by atoms with Crippen LogP contribution in [0.1, 0.15) is 77.8 Å². The first kappa shape index (κ1) is 30.3. The summed E-state index contributed by atoms with van der Waals surface area (Å²) < 4.78 is 0. The first-order valence-electron chi connectivity index (χ1n) is 12.6. The fraction of sp³-hybridized carbons (Fsp3) is 0.108. The van der Waals surface area contributed by atoms with Gasteiger partial charge in [0.15, 0.2) is 0 Å². The van der Waals surface area contributed by atoms with Crippen LogP contribution in [0.15, 0.2) is 73.6 Å².